The molecule has 1 N–H and O–H groups in total. The average molecular weight is 174 g/mol. The van der Waals surface area contributed by atoms with Gasteiger partial charge in [-0.2, -0.15) is 0 Å². The molecule has 0 radical (unpaired) electrons. The van der Waals surface area contributed by atoms with Crippen molar-refractivity contribution < 1.29 is 13.8 Å². The maximum absolute atomic E-state index is 11.6. The van der Waals surface area contributed by atoms with Crippen molar-refractivity contribution in [2.45, 2.75) is 0 Å². The molecular weight excluding hydrogens is 166 g/mol. The number of halogens is 2. The van der Waals surface area contributed by atoms with Gasteiger partial charge in [0.1, 0.15) is 0 Å². The molecule has 0 heterocycles. The molecule has 66 valence electrons. The number of rotatable bonds is 3. The van der Waals surface area contributed by atoms with Crippen LogP contribution < -0.4 is 10.2 Å². The lowest BCUT2D eigenvalue weighted by Crippen LogP contribution is -2.07. The molecule has 1 aromatic carbocycles. The van der Waals surface area contributed by atoms with Gasteiger partial charge in [-0.25, -0.2) is 0 Å². The zero-order chi connectivity index (χ0) is 8.97. The highest BCUT2D eigenvalue weighted by Crippen LogP contribution is 2.23. The maximum Gasteiger partial charge on any atom is 0.211 e. The van der Waals surface area contributed by atoms with E-state index in [1.807, 2.05) is 0 Å². The maximum atomic E-state index is 11.6. The third-order valence-corrected chi connectivity index (χ3v) is 1.32. The Morgan fingerprint density at radius 2 is 2.00 bits per heavy atom. The van der Waals surface area contributed by atoms with Gasteiger partial charge in [0.25, 0.3) is 0 Å². The summed E-state index contributed by atoms with van der Waals surface area (Å²) in [6.45, 7) is 0. The van der Waals surface area contributed by atoms with Crippen LogP contribution in [0.2, 0.25) is 0 Å². The van der Waals surface area contributed by atoms with Crippen LogP contribution in [-0.2, 0) is 0 Å². The van der Waals surface area contributed by atoms with Gasteiger partial charge in [0, 0.05) is 7.05 Å². The molecule has 0 fully saturated rings. The van der Waals surface area contributed by atoms with Crippen molar-refractivity contribution in [1.82, 2.24) is 5.51 Å². The third-order valence-electron chi connectivity index (χ3n) is 1.32. The first kappa shape index (κ1) is 8.73. The predicted molar refractivity (Wildman–Crippen MR) is 40.7 cm³/mol. The lowest BCUT2D eigenvalue weighted by molar-refractivity contribution is -0.337. The normalized spacial score (nSPS) is 10.0. The van der Waals surface area contributed by atoms with E-state index >= 15 is 0 Å². The summed E-state index contributed by atoms with van der Waals surface area (Å²) in [6, 6.07) is 6.41. The van der Waals surface area contributed by atoms with Crippen LogP contribution in [0.4, 0.5) is 14.6 Å². The first-order valence-electron chi connectivity index (χ1n) is 3.30. The van der Waals surface area contributed by atoms with Crippen LogP contribution in [0, 0.1) is 0 Å². The average Bonchev–Trinajstić information content (AvgIpc) is 2.04. The lowest BCUT2D eigenvalue weighted by Gasteiger charge is -2.07. The minimum absolute atomic E-state index is 0.0880. The van der Waals surface area contributed by atoms with Crippen LogP contribution in [0.5, 0.6) is 5.75 Å². The molecule has 1 rings (SSSR count). The number of para-hydroxylation sites is 2. The number of anilines is 1. The summed E-state index contributed by atoms with van der Waals surface area (Å²) in [6.07, 6.45) is 0. The van der Waals surface area contributed by atoms with E-state index in [1.165, 1.54) is 6.07 Å². The van der Waals surface area contributed by atoms with Gasteiger partial charge in [-0.1, -0.05) is 21.1 Å². The van der Waals surface area contributed by atoms with Gasteiger partial charge in [-0.05, 0) is 12.1 Å². The number of hydrogen-bond donors (Lipinski definition) is 1. The molecule has 0 aromatic heterocycles. The minimum atomic E-state index is -1.34. The minimum Gasteiger partial charge on any atom is -0.385 e. The van der Waals surface area contributed by atoms with Crippen LogP contribution in [0.25, 0.3) is 0 Å². The highest BCUT2D eigenvalue weighted by molar-refractivity contribution is 5.55. The molecule has 0 aliphatic heterocycles. The van der Waals surface area contributed by atoms with Crippen molar-refractivity contribution in [2.24, 2.45) is 0 Å². The fourth-order valence-electron chi connectivity index (χ4n) is 0.827. The molecule has 0 bridgehead atoms. The highest BCUT2D eigenvalue weighted by atomic mass is 19.4. The molecule has 0 unspecified atom stereocenters. The Morgan fingerprint density at radius 1 is 1.33 bits per heavy atom. The Labute approximate surface area is 68.4 Å². The number of nitrogens with zero attached hydrogens (tertiary/aromatic N) is 1. The SMILES string of the molecule is CNc1ccccc1ON(F)F. The second-order valence-electron chi connectivity index (χ2n) is 2.04. The summed E-state index contributed by atoms with van der Waals surface area (Å²) >= 11 is 0. The molecule has 12 heavy (non-hydrogen) atoms. The van der Waals surface area contributed by atoms with E-state index < -0.39 is 5.51 Å². The zero-order valence-corrected chi connectivity index (χ0v) is 6.42. The molecule has 0 amide bonds. The van der Waals surface area contributed by atoms with Gasteiger partial charge < -0.3 is 10.2 Å². The van der Waals surface area contributed by atoms with Crippen LogP contribution in [0.15, 0.2) is 24.3 Å². The summed E-state index contributed by atoms with van der Waals surface area (Å²) in [5, 5.41) is 2.72. The van der Waals surface area contributed by atoms with Gasteiger partial charge >= 0.3 is 0 Å². The van der Waals surface area contributed by atoms with Crippen LogP contribution >= 0.6 is 0 Å². The van der Waals surface area contributed by atoms with Crippen molar-refractivity contribution in [3.05, 3.63) is 24.3 Å². The first-order chi connectivity index (χ1) is 5.74. The molecule has 0 saturated heterocycles. The molecule has 0 spiro atoms. The molecule has 0 aliphatic carbocycles. The Morgan fingerprint density at radius 3 is 2.58 bits per heavy atom. The van der Waals surface area contributed by atoms with Crippen molar-refractivity contribution in [1.29, 1.82) is 0 Å². The summed E-state index contributed by atoms with van der Waals surface area (Å²) in [7, 11) is 1.63. The topological polar surface area (TPSA) is 24.5 Å². The second kappa shape index (κ2) is 3.87. The van der Waals surface area contributed by atoms with E-state index in [4.69, 9.17) is 0 Å². The van der Waals surface area contributed by atoms with Crippen molar-refractivity contribution >= 4 is 5.69 Å². The molecule has 0 aliphatic rings. The Hall–Kier alpha value is -1.36. The quantitative estimate of drug-likeness (QED) is 0.561. The fraction of sp³-hybridized carbons (Fsp3) is 0.143. The number of nitrogens with one attached hydrogen (secondary N) is 1. The van der Waals surface area contributed by atoms with Crippen molar-refractivity contribution in [3.8, 4) is 5.75 Å². The second-order valence-corrected chi connectivity index (χ2v) is 2.04. The summed E-state index contributed by atoms with van der Waals surface area (Å²) in [5.74, 6) is 0.0880. The van der Waals surface area contributed by atoms with E-state index in [2.05, 4.69) is 10.2 Å². The molecular formula is C7H8F2N2O. The standard InChI is InChI=1S/C7H8F2N2O/c1-10-6-4-2-3-5-7(6)12-11(8)9/h2-5,10H,1H3. The van der Waals surface area contributed by atoms with E-state index in [0.29, 0.717) is 5.69 Å². The number of benzene rings is 1. The molecule has 0 saturated carbocycles. The largest absolute Gasteiger partial charge is 0.385 e. The van der Waals surface area contributed by atoms with Crippen LogP contribution in [0.3, 0.4) is 0 Å². The molecule has 1 aromatic rings. The van der Waals surface area contributed by atoms with E-state index in [0.717, 1.165) is 0 Å². The molecule has 0 atom stereocenters. The number of hydrogen-bond acceptors (Lipinski definition) is 3. The van der Waals surface area contributed by atoms with Gasteiger partial charge in [-0.3, -0.25) is 0 Å². The van der Waals surface area contributed by atoms with Crippen LogP contribution in [-0.4, -0.2) is 12.6 Å². The van der Waals surface area contributed by atoms with Crippen LogP contribution in [0.1, 0.15) is 0 Å². The smallest absolute Gasteiger partial charge is 0.211 e. The summed E-state index contributed by atoms with van der Waals surface area (Å²) in [5.41, 5.74) is -0.825. The molecule has 3 nitrogen and oxygen atoms in total. The Balaban J connectivity index is 2.82. The van der Waals surface area contributed by atoms with E-state index in [-0.39, 0.29) is 5.75 Å². The monoisotopic (exact) mass is 174 g/mol. The van der Waals surface area contributed by atoms with Gasteiger partial charge in [0.15, 0.2) is 5.75 Å². The lowest BCUT2D eigenvalue weighted by atomic mass is 10.3. The molecule has 5 heteroatoms. The summed E-state index contributed by atoms with van der Waals surface area (Å²) in [4.78, 5) is 4.07. The Bertz CT molecular complexity index is 255. The third kappa shape index (κ3) is 2.06. The Kier molecular flexibility index (Phi) is 2.82. The van der Waals surface area contributed by atoms with E-state index in [1.54, 1.807) is 25.2 Å². The van der Waals surface area contributed by atoms with Gasteiger partial charge in [0.05, 0.1) is 5.69 Å². The van der Waals surface area contributed by atoms with Crippen molar-refractivity contribution in [2.75, 3.05) is 12.4 Å². The summed E-state index contributed by atoms with van der Waals surface area (Å²) < 4.78 is 23.2. The predicted octanol–water partition coefficient (Wildman–Crippen LogP) is 2.09. The first-order valence-corrected chi connectivity index (χ1v) is 3.30. The zero-order valence-electron chi connectivity index (χ0n) is 6.42. The fourth-order valence-corrected chi connectivity index (χ4v) is 0.827. The highest BCUT2D eigenvalue weighted by Gasteiger charge is 2.05. The van der Waals surface area contributed by atoms with Crippen molar-refractivity contribution in [3.63, 3.8) is 0 Å². The van der Waals surface area contributed by atoms with E-state index in [9.17, 15) is 8.96 Å². The van der Waals surface area contributed by atoms with Gasteiger partial charge in [0.2, 0.25) is 5.51 Å². The van der Waals surface area contributed by atoms with Gasteiger partial charge in [-0.15, -0.1) is 0 Å².